The number of amides is 1. The normalized spacial score (nSPS) is 25.1. The monoisotopic (exact) mass is 400 g/mol. The molecule has 4 rings (SSSR count). The minimum absolute atomic E-state index is 0.0309. The number of nitrogens with one attached hydrogen (secondary N) is 2. The Morgan fingerprint density at radius 1 is 1.48 bits per heavy atom. The van der Waals surface area contributed by atoms with E-state index in [1.807, 2.05) is 5.38 Å². The van der Waals surface area contributed by atoms with Crippen molar-refractivity contribution in [3.8, 4) is 0 Å². The first kappa shape index (κ1) is 18.3. The van der Waals surface area contributed by atoms with Gasteiger partial charge in [0.05, 0.1) is 12.1 Å². The maximum absolute atomic E-state index is 13.6. The Bertz CT molecular complexity index is 800. The van der Waals surface area contributed by atoms with Gasteiger partial charge < -0.3 is 15.4 Å². The lowest BCUT2D eigenvalue weighted by Crippen LogP contribution is -2.35. The number of rotatable bonds is 4. The fourth-order valence-electron chi connectivity index (χ4n) is 3.46. The van der Waals surface area contributed by atoms with Gasteiger partial charge >= 0.3 is 6.18 Å². The van der Waals surface area contributed by atoms with Gasteiger partial charge in [-0.05, 0) is 24.3 Å². The lowest BCUT2D eigenvalue weighted by molar-refractivity contribution is -0.173. The number of hydrogen-bond acceptors (Lipinski definition) is 5. The summed E-state index contributed by atoms with van der Waals surface area (Å²) in [6, 6.07) is 2.74. The quantitative estimate of drug-likeness (QED) is 0.824. The van der Waals surface area contributed by atoms with Gasteiger partial charge in [0.1, 0.15) is 5.82 Å². The van der Waals surface area contributed by atoms with Gasteiger partial charge in [0, 0.05) is 30.5 Å². The predicted molar refractivity (Wildman–Crippen MR) is 93.9 cm³/mol. The number of fused-ring (bicyclic) bond motifs is 1. The van der Waals surface area contributed by atoms with Crippen molar-refractivity contribution >= 4 is 23.1 Å². The summed E-state index contributed by atoms with van der Waals surface area (Å²) in [6.07, 6.45) is -2.87. The zero-order valence-electron chi connectivity index (χ0n) is 14.3. The van der Waals surface area contributed by atoms with Crippen LogP contribution in [-0.4, -0.2) is 41.1 Å². The van der Waals surface area contributed by atoms with E-state index in [0.29, 0.717) is 13.2 Å². The molecule has 0 unspecified atom stereocenters. The van der Waals surface area contributed by atoms with Gasteiger partial charge in [0.15, 0.2) is 11.7 Å². The molecule has 6 nitrogen and oxygen atoms in total. The molecule has 0 spiro atoms. The summed E-state index contributed by atoms with van der Waals surface area (Å²) < 4.78 is 47.1. The maximum atomic E-state index is 13.6. The minimum atomic E-state index is -4.45. The molecule has 146 valence electrons. The van der Waals surface area contributed by atoms with E-state index in [1.165, 1.54) is 17.4 Å². The number of nitrogens with zero attached hydrogens (tertiary/aromatic N) is 2. The highest BCUT2D eigenvalue weighted by Crippen LogP contribution is 2.44. The number of alkyl halides is 3. The second-order valence-corrected chi connectivity index (χ2v) is 7.69. The summed E-state index contributed by atoms with van der Waals surface area (Å²) in [6.45, 7) is 0.996. The second-order valence-electron chi connectivity index (χ2n) is 6.71. The first-order valence-corrected chi connectivity index (χ1v) is 9.66. The molecule has 10 heteroatoms. The van der Waals surface area contributed by atoms with E-state index in [0.717, 1.165) is 22.4 Å². The highest BCUT2D eigenvalue weighted by Gasteiger charge is 2.47. The van der Waals surface area contributed by atoms with Crippen molar-refractivity contribution in [1.82, 2.24) is 15.1 Å². The van der Waals surface area contributed by atoms with Gasteiger partial charge in [0.2, 0.25) is 0 Å². The Hall–Kier alpha value is -2.07. The van der Waals surface area contributed by atoms with Gasteiger partial charge in [-0.15, -0.1) is 11.3 Å². The largest absolute Gasteiger partial charge is 0.410 e. The number of anilines is 1. The molecule has 2 aliphatic rings. The van der Waals surface area contributed by atoms with Gasteiger partial charge in [0.25, 0.3) is 5.91 Å². The molecule has 0 radical (unpaired) electrons. The zero-order chi connectivity index (χ0) is 19.0. The third kappa shape index (κ3) is 3.81. The molecule has 0 bridgehead atoms. The molecule has 1 saturated heterocycles. The van der Waals surface area contributed by atoms with E-state index in [-0.39, 0.29) is 24.0 Å². The second kappa shape index (κ2) is 7.16. The van der Waals surface area contributed by atoms with E-state index < -0.39 is 24.2 Å². The summed E-state index contributed by atoms with van der Waals surface area (Å²) in [5, 5.41) is 11.5. The molecule has 0 saturated carbocycles. The summed E-state index contributed by atoms with van der Waals surface area (Å²) >= 11 is 1.40. The van der Waals surface area contributed by atoms with Gasteiger partial charge in [-0.2, -0.15) is 18.3 Å². The van der Waals surface area contributed by atoms with Crippen molar-refractivity contribution < 1.29 is 22.7 Å². The number of ether oxygens (including phenoxy) is 1. The van der Waals surface area contributed by atoms with Crippen LogP contribution < -0.4 is 10.6 Å². The molecule has 0 aromatic carbocycles. The smallest absolute Gasteiger partial charge is 0.376 e. The lowest BCUT2D eigenvalue weighted by Gasteiger charge is -2.32. The van der Waals surface area contributed by atoms with E-state index in [1.54, 1.807) is 12.1 Å². The van der Waals surface area contributed by atoms with Crippen molar-refractivity contribution in [3.63, 3.8) is 0 Å². The van der Waals surface area contributed by atoms with Gasteiger partial charge in [-0.25, -0.2) is 4.68 Å². The molecule has 4 heterocycles. The lowest BCUT2D eigenvalue weighted by atomic mass is 10.0. The molecule has 2 aromatic rings. The SMILES string of the molecule is O=C(NC[C@@H]1CCCO1)c1cc2n(n1)[C@H](C(F)(F)F)C[C@@H](c1cccs1)N2. The number of aromatic nitrogens is 2. The standard InChI is InChI=1S/C17H19F3N4O2S/c18-17(19,20)14-7-11(13-4-2-6-27-13)22-15-8-12(23-24(14)15)16(25)21-9-10-3-1-5-26-10/h2,4,6,8,10-11,14,22H,1,3,5,7,9H2,(H,21,25)/t10-,11-,14-/m0/s1. The van der Waals surface area contributed by atoms with Crippen LogP contribution in [0.2, 0.25) is 0 Å². The van der Waals surface area contributed by atoms with Crippen LogP contribution in [-0.2, 0) is 4.74 Å². The van der Waals surface area contributed by atoms with Crippen molar-refractivity contribution in [2.75, 3.05) is 18.5 Å². The van der Waals surface area contributed by atoms with E-state index in [2.05, 4.69) is 15.7 Å². The Morgan fingerprint density at radius 2 is 2.33 bits per heavy atom. The highest BCUT2D eigenvalue weighted by atomic mass is 32.1. The fraction of sp³-hybridized carbons (Fsp3) is 0.529. The molecule has 2 aliphatic heterocycles. The maximum Gasteiger partial charge on any atom is 0.410 e. The number of carbonyl (C=O) groups is 1. The van der Waals surface area contributed by atoms with Crippen molar-refractivity contribution in [3.05, 3.63) is 34.2 Å². The Balaban J connectivity index is 1.55. The molecule has 0 aliphatic carbocycles. The molecule has 3 atom stereocenters. The first-order chi connectivity index (χ1) is 12.9. The fourth-order valence-corrected chi connectivity index (χ4v) is 4.25. The number of carbonyl (C=O) groups excluding carboxylic acids is 1. The van der Waals surface area contributed by atoms with Crippen LogP contribution in [0, 0.1) is 0 Å². The molecule has 2 aromatic heterocycles. The Labute approximate surface area is 157 Å². The number of halogens is 3. The summed E-state index contributed by atoms with van der Waals surface area (Å²) in [7, 11) is 0. The van der Waals surface area contributed by atoms with Crippen LogP contribution in [0.3, 0.4) is 0 Å². The van der Waals surface area contributed by atoms with Crippen molar-refractivity contribution in [2.24, 2.45) is 0 Å². The number of thiophene rings is 1. The summed E-state index contributed by atoms with van der Waals surface area (Å²) in [5.74, 6) is -0.299. The van der Waals surface area contributed by atoms with Crippen molar-refractivity contribution in [1.29, 1.82) is 0 Å². The Kier molecular flexibility index (Phi) is 4.85. The van der Waals surface area contributed by atoms with Crippen molar-refractivity contribution in [2.45, 2.75) is 43.6 Å². The van der Waals surface area contributed by atoms with E-state index in [9.17, 15) is 18.0 Å². The third-order valence-electron chi connectivity index (χ3n) is 4.82. The van der Waals surface area contributed by atoms with Crippen LogP contribution in [0.5, 0.6) is 0 Å². The summed E-state index contributed by atoms with van der Waals surface area (Å²) in [5.41, 5.74) is -0.0309. The topological polar surface area (TPSA) is 68.2 Å². The Morgan fingerprint density at radius 3 is 3.00 bits per heavy atom. The van der Waals surface area contributed by atoms with Crippen LogP contribution in [0.4, 0.5) is 19.0 Å². The van der Waals surface area contributed by atoms with E-state index >= 15 is 0 Å². The zero-order valence-corrected chi connectivity index (χ0v) is 15.1. The molecular weight excluding hydrogens is 381 g/mol. The molecule has 27 heavy (non-hydrogen) atoms. The van der Waals surface area contributed by atoms with Crippen LogP contribution >= 0.6 is 11.3 Å². The third-order valence-corrected chi connectivity index (χ3v) is 5.81. The van der Waals surface area contributed by atoms with Gasteiger partial charge in [-0.3, -0.25) is 4.79 Å². The van der Waals surface area contributed by atoms with Crippen LogP contribution in [0.15, 0.2) is 23.6 Å². The average Bonchev–Trinajstić information content (AvgIpc) is 3.38. The van der Waals surface area contributed by atoms with E-state index in [4.69, 9.17) is 4.74 Å². The molecular formula is C17H19F3N4O2S. The minimum Gasteiger partial charge on any atom is -0.376 e. The first-order valence-electron chi connectivity index (χ1n) is 8.78. The predicted octanol–water partition coefficient (Wildman–Crippen LogP) is 3.51. The van der Waals surface area contributed by atoms with Crippen LogP contribution in [0.25, 0.3) is 0 Å². The highest BCUT2D eigenvalue weighted by molar-refractivity contribution is 7.10. The molecule has 2 N–H and O–H groups in total. The number of hydrogen-bond donors (Lipinski definition) is 2. The average molecular weight is 400 g/mol. The summed E-state index contributed by atoms with van der Waals surface area (Å²) in [4.78, 5) is 13.2. The van der Waals surface area contributed by atoms with Gasteiger partial charge in [-0.1, -0.05) is 6.07 Å². The molecule has 1 fully saturated rings. The molecule has 1 amide bonds. The van der Waals surface area contributed by atoms with Crippen LogP contribution in [0.1, 0.15) is 46.7 Å².